The van der Waals surface area contributed by atoms with E-state index in [9.17, 15) is 5.11 Å². The van der Waals surface area contributed by atoms with Crippen LogP contribution in [0.25, 0.3) is 11.1 Å². The van der Waals surface area contributed by atoms with Crippen molar-refractivity contribution in [1.29, 1.82) is 0 Å². The molecule has 0 fully saturated rings. The van der Waals surface area contributed by atoms with Crippen LogP contribution in [0.1, 0.15) is 11.1 Å². The molecule has 0 unspecified atom stereocenters. The molecule has 0 aliphatic rings. The Bertz CT molecular complexity index is 478. The molecule has 0 bridgehead atoms. The van der Waals surface area contributed by atoms with Gasteiger partial charge in [-0.2, -0.15) is 0 Å². The van der Waals surface area contributed by atoms with Gasteiger partial charge in [-0.3, -0.25) is 0 Å². The van der Waals surface area contributed by atoms with Crippen molar-refractivity contribution in [3.63, 3.8) is 0 Å². The van der Waals surface area contributed by atoms with Crippen molar-refractivity contribution in [3.05, 3.63) is 59.7 Å². The van der Waals surface area contributed by atoms with Crippen molar-refractivity contribution in [1.82, 2.24) is 0 Å². The quantitative estimate of drug-likeness (QED) is 0.823. The molecule has 2 nitrogen and oxygen atoms in total. The largest absolute Gasteiger partial charge is 0.392 e. The summed E-state index contributed by atoms with van der Waals surface area (Å²) in [6.07, 6.45) is 0. The number of benzene rings is 2. The van der Waals surface area contributed by atoms with E-state index in [1.165, 1.54) is 0 Å². The molecule has 0 heterocycles. The highest BCUT2D eigenvalue weighted by molar-refractivity contribution is 5.67. The third-order valence-corrected chi connectivity index (χ3v) is 2.61. The smallest absolute Gasteiger partial charge is 0.0687 e. The van der Waals surface area contributed by atoms with Crippen LogP contribution in [0, 0.1) is 0 Å². The predicted molar refractivity (Wildman–Crippen MR) is 63.7 cm³/mol. The molecule has 2 aromatic rings. The zero-order chi connectivity index (χ0) is 11.4. The summed E-state index contributed by atoms with van der Waals surface area (Å²) in [5.74, 6) is 0. The maximum absolute atomic E-state index is 9.26. The third-order valence-electron chi connectivity index (χ3n) is 2.61. The molecule has 0 saturated heterocycles. The second kappa shape index (κ2) is 4.92. The fourth-order valence-electron chi connectivity index (χ4n) is 1.78. The maximum Gasteiger partial charge on any atom is 0.0687 e. The Morgan fingerprint density at radius 2 is 1.62 bits per heavy atom. The first kappa shape index (κ1) is 10.9. The fraction of sp³-hybridized carbons (Fsp3) is 0.143. The molecule has 2 aromatic carbocycles. The Morgan fingerprint density at radius 3 is 2.38 bits per heavy atom. The lowest BCUT2D eigenvalue weighted by Crippen LogP contribution is -1.90. The average molecular weight is 214 g/mol. The molecular weight excluding hydrogens is 200 g/mol. The Labute approximate surface area is 94.8 Å². The molecule has 0 aliphatic heterocycles. The van der Waals surface area contributed by atoms with Crippen LogP contribution >= 0.6 is 0 Å². The molecule has 2 N–H and O–H groups in total. The summed E-state index contributed by atoms with van der Waals surface area (Å²) in [7, 11) is 0. The second-order valence-electron chi connectivity index (χ2n) is 3.67. The highest BCUT2D eigenvalue weighted by atomic mass is 16.3. The van der Waals surface area contributed by atoms with Crippen molar-refractivity contribution in [2.45, 2.75) is 13.2 Å². The summed E-state index contributed by atoms with van der Waals surface area (Å²) in [4.78, 5) is 0. The van der Waals surface area contributed by atoms with Crippen LogP contribution in [0.4, 0.5) is 0 Å². The number of hydrogen-bond donors (Lipinski definition) is 2. The molecule has 0 radical (unpaired) electrons. The van der Waals surface area contributed by atoms with Crippen molar-refractivity contribution < 1.29 is 10.2 Å². The van der Waals surface area contributed by atoms with E-state index in [0.29, 0.717) is 0 Å². The van der Waals surface area contributed by atoms with E-state index in [4.69, 9.17) is 5.11 Å². The second-order valence-corrected chi connectivity index (χ2v) is 3.67. The van der Waals surface area contributed by atoms with Crippen molar-refractivity contribution in [3.8, 4) is 11.1 Å². The van der Waals surface area contributed by atoms with Crippen molar-refractivity contribution >= 4 is 0 Å². The third kappa shape index (κ3) is 2.13. The van der Waals surface area contributed by atoms with Gasteiger partial charge < -0.3 is 10.2 Å². The van der Waals surface area contributed by atoms with Crippen LogP contribution < -0.4 is 0 Å². The highest BCUT2D eigenvalue weighted by Crippen LogP contribution is 2.24. The van der Waals surface area contributed by atoms with Crippen LogP contribution in [0.3, 0.4) is 0 Å². The highest BCUT2D eigenvalue weighted by Gasteiger charge is 2.03. The molecule has 0 saturated carbocycles. The summed E-state index contributed by atoms with van der Waals surface area (Å²) >= 11 is 0. The van der Waals surface area contributed by atoms with Crippen molar-refractivity contribution in [2.24, 2.45) is 0 Å². The Balaban J connectivity index is 2.49. The van der Waals surface area contributed by atoms with Crippen LogP contribution in [0.15, 0.2) is 48.5 Å². The summed E-state index contributed by atoms with van der Waals surface area (Å²) in [5.41, 5.74) is 3.82. The number of aliphatic hydroxyl groups excluding tert-OH is 2. The van der Waals surface area contributed by atoms with Gasteiger partial charge in [0, 0.05) is 0 Å². The SMILES string of the molecule is OCc1cccc(-c2ccccc2CO)c1. The maximum atomic E-state index is 9.26. The molecule has 82 valence electrons. The zero-order valence-electron chi connectivity index (χ0n) is 8.93. The van der Waals surface area contributed by atoms with Gasteiger partial charge in [-0.1, -0.05) is 42.5 Å². The predicted octanol–water partition coefficient (Wildman–Crippen LogP) is 2.34. The Hall–Kier alpha value is -1.64. The lowest BCUT2D eigenvalue weighted by Gasteiger charge is -2.08. The number of hydrogen-bond acceptors (Lipinski definition) is 2. The number of aliphatic hydroxyl groups is 2. The van der Waals surface area contributed by atoms with Gasteiger partial charge in [0.1, 0.15) is 0 Å². The minimum Gasteiger partial charge on any atom is -0.392 e. The Kier molecular flexibility index (Phi) is 3.34. The van der Waals surface area contributed by atoms with Crippen LogP contribution in [-0.2, 0) is 13.2 Å². The van der Waals surface area contributed by atoms with Crippen LogP contribution in [-0.4, -0.2) is 10.2 Å². The summed E-state index contributed by atoms with van der Waals surface area (Å²) < 4.78 is 0. The Morgan fingerprint density at radius 1 is 0.812 bits per heavy atom. The van der Waals surface area contributed by atoms with Crippen LogP contribution in [0.5, 0.6) is 0 Å². The molecular formula is C14H14O2. The van der Waals surface area contributed by atoms with E-state index >= 15 is 0 Å². The van der Waals surface area contributed by atoms with E-state index in [1.807, 2.05) is 48.5 Å². The molecule has 2 rings (SSSR count). The summed E-state index contributed by atoms with van der Waals surface area (Å²) in [6, 6.07) is 15.4. The molecule has 0 amide bonds. The molecule has 0 atom stereocenters. The molecule has 2 heteroatoms. The van der Waals surface area contributed by atoms with Gasteiger partial charge in [-0.05, 0) is 28.3 Å². The minimum atomic E-state index is 0.0273. The van der Waals surface area contributed by atoms with Gasteiger partial charge in [0.15, 0.2) is 0 Å². The van der Waals surface area contributed by atoms with Gasteiger partial charge in [-0.25, -0.2) is 0 Å². The minimum absolute atomic E-state index is 0.0273. The lowest BCUT2D eigenvalue weighted by atomic mass is 9.99. The topological polar surface area (TPSA) is 40.5 Å². The van der Waals surface area contributed by atoms with Gasteiger partial charge >= 0.3 is 0 Å². The molecule has 0 aliphatic carbocycles. The van der Waals surface area contributed by atoms with E-state index in [-0.39, 0.29) is 13.2 Å². The zero-order valence-corrected chi connectivity index (χ0v) is 8.93. The first-order chi connectivity index (χ1) is 7.85. The van der Waals surface area contributed by atoms with Crippen molar-refractivity contribution in [2.75, 3.05) is 0 Å². The molecule has 16 heavy (non-hydrogen) atoms. The van der Waals surface area contributed by atoms with Gasteiger partial charge in [0.25, 0.3) is 0 Å². The number of rotatable bonds is 3. The standard InChI is InChI=1S/C14H14O2/c15-9-11-4-3-6-12(8-11)14-7-2-1-5-13(14)10-16/h1-8,15-16H,9-10H2. The van der Waals surface area contributed by atoms with Gasteiger partial charge in [0.2, 0.25) is 0 Å². The van der Waals surface area contributed by atoms with E-state index in [0.717, 1.165) is 22.3 Å². The summed E-state index contributed by atoms with van der Waals surface area (Å²) in [6.45, 7) is 0.0641. The van der Waals surface area contributed by atoms with Gasteiger partial charge in [-0.15, -0.1) is 0 Å². The first-order valence-electron chi connectivity index (χ1n) is 5.24. The van der Waals surface area contributed by atoms with E-state index in [2.05, 4.69) is 0 Å². The first-order valence-corrected chi connectivity index (χ1v) is 5.24. The van der Waals surface area contributed by atoms with E-state index in [1.54, 1.807) is 0 Å². The fourth-order valence-corrected chi connectivity index (χ4v) is 1.78. The monoisotopic (exact) mass is 214 g/mol. The average Bonchev–Trinajstić information content (AvgIpc) is 2.38. The lowest BCUT2D eigenvalue weighted by molar-refractivity contribution is 0.281. The van der Waals surface area contributed by atoms with E-state index < -0.39 is 0 Å². The molecule has 0 aromatic heterocycles. The summed E-state index contributed by atoms with van der Waals surface area (Å²) in [5, 5.41) is 18.3. The van der Waals surface area contributed by atoms with Gasteiger partial charge in [0.05, 0.1) is 13.2 Å². The van der Waals surface area contributed by atoms with Crippen LogP contribution in [0.2, 0.25) is 0 Å². The normalized spacial score (nSPS) is 10.4. The molecule has 0 spiro atoms.